The number of nitrogens with one attached hydrogen (secondary N) is 1. The molecule has 0 aromatic rings. The topological polar surface area (TPSA) is 49.4 Å². The number of nitrogens with zero attached hydrogens (tertiary/aromatic N) is 1. The van der Waals surface area contributed by atoms with E-state index in [2.05, 4.69) is 5.32 Å². The largest absolute Gasteiger partial charge is 0.355 e. The maximum absolute atomic E-state index is 11.4. The van der Waals surface area contributed by atoms with Gasteiger partial charge in [0.15, 0.2) is 0 Å². The van der Waals surface area contributed by atoms with Gasteiger partial charge in [0.25, 0.3) is 0 Å². The number of hydrogen-bond acceptors (Lipinski definition) is 2. The second kappa shape index (κ2) is 7.62. The summed E-state index contributed by atoms with van der Waals surface area (Å²) in [6.45, 7) is 4.92. The van der Waals surface area contributed by atoms with Crippen molar-refractivity contribution in [2.24, 2.45) is 0 Å². The van der Waals surface area contributed by atoms with Crippen molar-refractivity contribution in [1.29, 1.82) is 0 Å². The molecule has 1 N–H and O–H groups in total. The molecule has 0 fully saturated rings. The fourth-order valence-corrected chi connectivity index (χ4v) is 1.20. The maximum Gasteiger partial charge on any atom is 0.239 e. The second-order valence-electron chi connectivity index (χ2n) is 2.80. The Labute approximate surface area is 89.6 Å². The molecule has 0 heterocycles. The van der Waals surface area contributed by atoms with E-state index in [0.29, 0.717) is 19.0 Å². The molecule has 0 saturated carbocycles. The zero-order valence-electron chi connectivity index (χ0n) is 8.68. The van der Waals surface area contributed by atoms with Crippen LogP contribution < -0.4 is 5.32 Å². The summed E-state index contributed by atoms with van der Waals surface area (Å²) >= 11 is 5.45. The molecule has 4 nitrogen and oxygen atoms in total. The van der Waals surface area contributed by atoms with Crippen molar-refractivity contribution in [1.82, 2.24) is 10.2 Å². The molecule has 82 valence electrons. The first kappa shape index (κ1) is 13.2. The van der Waals surface area contributed by atoms with Crippen molar-refractivity contribution in [3.8, 4) is 0 Å². The van der Waals surface area contributed by atoms with Gasteiger partial charge in [-0.2, -0.15) is 0 Å². The van der Waals surface area contributed by atoms with E-state index in [1.54, 1.807) is 0 Å². The van der Waals surface area contributed by atoms with Gasteiger partial charge in [0.05, 0.1) is 6.54 Å². The third-order valence-corrected chi connectivity index (χ3v) is 1.94. The fourth-order valence-electron chi connectivity index (χ4n) is 1.04. The maximum atomic E-state index is 11.4. The van der Waals surface area contributed by atoms with Crippen molar-refractivity contribution in [2.75, 3.05) is 25.5 Å². The summed E-state index contributed by atoms with van der Waals surface area (Å²) in [5.41, 5.74) is 0. The lowest BCUT2D eigenvalue weighted by Gasteiger charge is -2.19. The number of carbonyl (C=O) groups excluding carboxylic acids is 2. The Morgan fingerprint density at radius 2 is 2.00 bits per heavy atom. The molecule has 0 spiro atoms. The number of halogens is 1. The first-order valence-electron chi connectivity index (χ1n) is 4.76. The molecule has 0 bridgehead atoms. The van der Waals surface area contributed by atoms with Crippen LogP contribution in [0, 0.1) is 0 Å². The molecule has 2 amide bonds. The Balaban J connectivity index is 4.01. The number of likely N-dealkylation sites (N-methyl/N-ethyl adjacent to an activating group) is 2. The highest BCUT2D eigenvalue weighted by atomic mass is 35.5. The molecular weight excluding hydrogens is 204 g/mol. The van der Waals surface area contributed by atoms with Gasteiger partial charge in [0, 0.05) is 25.4 Å². The molecule has 0 aromatic heterocycles. The molecule has 0 aromatic carbocycles. The minimum absolute atomic E-state index is 0.0752. The quantitative estimate of drug-likeness (QED) is 0.667. The number of alkyl halides is 1. The van der Waals surface area contributed by atoms with Gasteiger partial charge in [0.2, 0.25) is 11.8 Å². The summed E-state index contributed by atoms with van der Waals surface area (Å²) in [5, 5.41) is 2.64. The van der Waals surface area contributed by atoms with Gasteiger partial charge in [-0.15, -0.1) is 11.6 Å². The van der Waals surface area contributed by atoms with Crippen LogP contribution in [0.15, 0.2) is 0 Å². The van der Waals surface area contributed by atoms with Gasteiger partial charge in [0.1, 0.15) is 0 Å². The summed E-state index contributed by atoms with van der Waals surface area (Å²) in [6.07, 6.45) is 0.287. The molecule has 0 unspecified atom stereocenters. The predicted molar refractivity (Wildman–Crippen MR) is 56.3 cm³/mol. The summed E-state index contributed by atoms with van der Waals surface area (Å²) in [4.78, 5) is 24.1. The van der Waals surface area contributed by atoms with Crippen molar-refractivity contribution >= 4 is 23.4 Å². The van der Waals surface area contributed by atoms with E-state index in [-0.39, 0.29) is 24.8 Å². The monoisotopic (exact) mass is 220 g/mol. The summed E-state index contributed by atoms with van der Waals surface area (Å²) in [5.74, 6) is 0.0936. The molecule has 0 rings (SSSR count). The van der Waals surface area contributed by atoms with Crippen molar-refractivity contribution < 1.29 is 9.59 Å². The highest BCUT2D eigenvalue weighted by Gasteiger charge is 2.13. The predicted octanol–water partition coefficient (Wildman–Crippen LogP) is 0.600. The van der Waals surface area contributed by atoms with Crippen molar-refractivity contribution in [3.05, 3.63) is 0 Å². The number of rotatable bonds is 6. The Kier molecular flexibility index (Phi) is 7.20. The Bertz CT molecular complexity index is 197. The van der Waals surface area contributed by atoms with E-state index in [1.807, 2.05) is 13.8 Å². The zero-order chi connectivity index (χ0) is 11.0. The van der Waals surface area contributed by atoms with Gasteiger partial charge in [-0.25, -0.2) is 0 Å². The SMILES string of the molecule is CCNC(=O)CN(CC)C(=O)CCCl. The fraction of sp³-hybridized carbons (Fsp3) is 0.778. The van der Waals surface area contributed by atoms with Crippen LogP contribution >= 0.6 is 11.6 Å². The van der Waals surface area contributed by atoms with Gasteiger partial charge >= 0.3 is 0 Å². The molecule has 0 aliphatic rings. The zero-order valence-corrected chi connectivity index (χ0v) is 9.43. The lowest BCUT2D eigenvalue weighted by Crippen LogP contribution is -2.40. The van der Waals surface area contributed by atoms with Gasteiger partial charge in [-0.05, 0) is 13.8 Å². The third kappa shape index (κ3) is 5.07. The van der Waals surface area contributed by atoms with Crippen LogP contribution in [0.2, 0.25) is 0 Å². The van der Waals surface area contributed by atoms with Crippen LogP contribution in [0.5, 0.6) is 0 Å². The number of hydrogen-bond donors (Lipinski definition) is 1. The summed E-state index contributed by atoms with van der Waals surface area (Å²) < 4.78 is 0. The molecular formula is C9H17ClN2O2. The molecule has 0 atom stereocenters. The standard InChI is InChI=1S/C9H17ClN2O2/c1-3-11-8(13)7-12(4-2)9(14)5-6-10/h3-7H2,1-2H3,(H,11,13). The number of carbonyl (C=O) groups is 2. The molecule has 0 saturated heterocycles. The van der Waals surface area contributed by atoms with E-state index in [1.165, 1.54) is 4.90 Å². The van der Waals surface area contributed by atoms with Crippen LogP contribution in [-0.4, -0.2) is 42.2 Å². The Morgan fingerprint density at radius 3 is 2.43 bits per heavy atom. The molecule has 0 aliphatic heterocycles. The van der Waals surface area contributed by atoms with Crippen LogP contribution in [0.25, 0.3) is 0 Å². The minimum Gasteiger partial charge on any atom is -0.355 e. The van der Waals surface area contributed by atoms with Gasteiger partial charge in [-0.3, -0.25) is 9.59 Å². The van der Waals surface area contributed by atoms with Crippen LogP contribution in [-0.2, 0) is 9.59 Å². The highest BCUT2D eigenvalue weighted by Crippen LogP contribution is 1.95. The van der Waals surface area contributed by atoms with E-state index >= 15 is 0 Å². The molecule has 0 aliphatic carbocycles. The summed E-state index contributed by atoms with van der Waals surface area (Å²) in [7, 11) is 0. The van der Waals surface area contributed by atoms with E-state index in [4.69, 9.17) is 11.6 Å². The molecule has 5 heteroatoms. The number of amides is 2. The average molecular weight is 221 g/mol. The first-order chi connectivity index (χ1) is 6.65. The molecule has 0 radical (unpaired) electrons. The van der Waals surface area contributed by atoms with Crippen molar-refractivity contribution in [3.63, 3.8) is 0 Å². The van der Waals surface area contributed by atoms with Crippen LogP contribution in [0.4, 0.5) is 0 Å². The van der Waals surface area contributed by atoms with E-state index in [9.17, 15) is 9.59 Å². The van der Waals surface area contributed by atoms with Gasteiger partial charge in [-0.1, -0.05) is 0 Å². The Hall–Kier alpha value is -0.770. The summed E-state index contributed by atoms with van der Waals surface area (Å²) in [6, 6.07) is 0. The smallest absolute Gasteiger partial charge is 0.239 e. The van der Waals surface area contributed by atoms with Gasteiger partial charge < -0.3 is 10.2 Å². The average Bonchev–Trinajstić information content (AvgIpc) is 2.15. The first-order valence-corrected chi connectivity index (χ1v) is 5.29. The van der Waals surface area contributed by atoms with Crippen molar-refractivity contribution in [2.45, 2.75) is 20.3 Å². The third-order valence-electron chi connectivity index (χ3n) is 1.75. The van der Waals surface area contributed by atoms with Crippen LogP contribution in [0.1, 0.15) is 20.3 Å². The van der Waals surface area contributed by atoms with E-state index < -0.39 is 0 Å². The highest BCUT2D eigenvalue weighted by molar-refractivity contribution is 6.18. The normalized spacial score (nSPS) is 9.64. The van der Waals surface area contributed by atoms with E-state index in [0.717, 1.165) is 0 Å². The second-order valence-corrected chi connectivity index (χ2v) is 3.18. The molecule has 14 heavy (non-hydrogen) atoms. The van der Waals surface area contributed by atoms with Crippen LogP contribution in [0.3, 0.4) is 0 Å². The lowest BCUT2D eigenvalue weighted by molar-refractivity contribution is -0.135. The minimum atomic E-state index is -0.128. The lowest BCUT2D eigenvalue weighted by atomic mass is 10.3. The Morgan fingerprint density at radius 1 is 1.36 bits per heavy atom.